The Morgan fingerprint density at radius 3 is 1.73 bits per heavy atom. The van der Waals surface area contributed by atoms with Gasteiger partial charge in [-0.3, -0.25) is 19.2 Å². The maximum absolute atomic E-state index is 13.3. The molecule has 2 saturated carbocycles. The normalized spacial score (nSPS) is 21.5. The number of carboxylic acid groups (broad SMARTS) is 2. The molecule has 2 aliphatic carbocycles. The van der Waals surface area contributed by atoms with Gasteiger partial charge >= 0.3 is 11.9 Å². The number of carboxylic acids is 2. The molecule has 0 unspecified atom stereocenters. The summed E-state index contributed by atoms with van der Waals surface area (Å²) in [6.45, 7) is 0. The molecule has 230 valence electrons. The highest BCUT2D eigenvalue weighted by molar-refractivity contribution is 5.96. The summed E-state index contributed by atoms with van der Waals surface area (Å²) in [7, 11) is 0. The number of carbonyl (C=O) groups is 4. The predicted octanol–water partition coefficient (Wildman–Crippen LogP) is 6.73. The van der Waals surface area contributed by atoms with E-state index in [9.17, 15) is 29.4 Å². The van der Waals surface area contributed by atoms with Crippen LogP contribution in [0.1, 0.15) is 62.5 Å². The highest BCUT2D eigenvalue weighted by Crippen LogP contribution is 2.34. The molecule has 2 amide bonds. The highest BCUT2D eigenvalue weighted by Gasteiger charge is 2.37. The summed E-state index contributed by atoms with van der Waals surface area (Å²) in [5.74, 6) is -3.79. The molecule has 0 spiro atoms. The number of carbonyl (C=O) groups excluding carboxylic acids is 2. The summed E-state index contributed by atoms with van der Waals surface area (Å²) < 4.78 is 6.13. The minimum Gasteiger partial charge on any atom is -0.481 e. The topological polar surface area (TPSA) is 142 Å². The fourth-order valence-electron chi connectivity index (χ4n) is 6.40. The molecule has 0 radical (unpaired) electrons. The van der Waals surface area contributed by atoms with Crippen molar-refractivity contribution >= 4 is 35.1 Å². The lowest BCUT2D eigenvalue weighted by atomic mass is 9.78. The molecule has 2 fully saturated rings. The number of nitrogens with one attached hydrogen (secondary N) is 2. The Hall–Kier alpha value is -4.66. The van der Waals surface area contributed by atoms with Crippen LogP contribution in [0.4, 0.5) is 11.4 Å². The molecule has 3 aromatic carbocycles. The maximum atomic E-state index is 13.3. The van der Waals surface area contributed by atoms with Gasteiger partial charge in [0.1, 0.15) is 11.5 Å². The Bertz CT molecular complexity index is 1490. The van der Waals surface area contributed by atoms with Gasteiger partial charge in [-0.2, -0.15) is 0 Å². The fraction of sp³-hybridized carbons (Fsp3) is 0.371. The predicted molar refractivity (Wildman–Crippen MR) is 166 cm³/mol. The molecule has 9 nitrogen and oxygen atoms in total. The van der Waals surface area contributed by atoms with Crippen molar-refractivity contribution in [3.63, 3.8) is 0 Å². The molecular formula is C35H38N2O7. The van der Waals surface area contributed by atoms with Crippen molar-refractivity contribution in [3.05, 3.63) is 83.9 Å². The van der Waals surface area contributed by atoms with Gasteiger partial charge in [-0.05, 0) is 85.7 Å². The molecule has 9 heteroatoms. The minimum atomic E-state index is -0.929. The Labute approximate surface area is 256 Å². The van der Waals surface area contributed by atoms with Gasteiger partial charge < -0.3 is 25.6 Å². The van der Waals surface area contributed by atoms with Crippen LogP contribution in [0.5, 0.6) is 11.5 Å². The number of benzene rings is 3. The third-order valence-electron chi connectivity index (χ3n) is 8.77. The average molecular weight is 599 g/mol. The van der Waals surface area contributed by atoms with Crippen LogP contribution in [0, 0.1) is 23.7 Å². The summed E-state index contributed by atoms with van der Waals surface area (Å²) in [5.41, 5.74) is 3.04. The molecule has 44 heavy (non-hydrogen) atoms. The van der Waals surface area contributed by atoms with E-state index in [0.717, 1.165) is 36.8 Å². The van der Waals surface area contributed by atoms with Gasteiger partial charge in [-0.1, -0.05) is 56.0 Å². The van der Waals surface area contributed by atoms with Crippen molar-refractivity contribution in [3.8, 4) is 11.5 Å². The van der Waals surface area contributed by atoms with E-state index < -0.39 is 35.6 Å². The number of hydrogen-bond acceptors (Lipinski definition) is 5. The van der Waals surface area contributed by atoms with E-state index in [0.29, 0.717) is 55.0 Å². The lowest BCUT2D eigenvalue weighted by molar-refractivity contribution is -0.148. The largest absolute Gasteiger partial charge is 0.481 e. The first-order chi connectivity index (χ1) is 21.3. The third-order valence-corrected chi connectivity index (χ3v) is 8.77. The van der Waals surface area contributed by atoms with Gasteiger partial charge in [-0.15, -0.1) is 0 Å². The van der Waals surface area contributed by atoms with Gasteiger partial charge in [0.05, 0.1) is 23.7 Å². The van der Waals surface area contributed by atoms with Crippen molar-refractivity contribution in [1.29, 1.82) is 0 Å². The maximum Gasteiger partial charge on any atom is 0.307 e. The second-order valence-electron chi connectivity index (χ2n) is 11.8. The standard InChI is InChI=1S/C35H38N2O7/c38-32(27-10-4-6-12-29(27)34(40)41)36-24-14-16-25(17-15-24)44-26-18-19-31(23(21-26)20-22-8-2-1-3-9-22)37-33(39)28-11-5-7-13-30(28)35(42)43/h1-3,8-9,14-19,21,27-30H,4-7,10-13,20H2,(H,36,38)(H,37,39)(H,40,41)(H,42,43)/t27-,28+,29+,30-/m0/s1. The molecule has 0 heterocycles. The van der Waals surface area contributed by atoms with Crippen LogP contribution in [-0.4, -0.2) is 34.0 Å². The molecular weight excluding hydrogens is 560 g/mol. The van der Waals surface area contributed by atoms with Crippen LogP contribution in [0.15, 0.2) is 72.8 Å². The first-order valence-corrected chi connectivity index (χ1v) is 15.3. The van der Waals surface area contributed by atoms with Gasteiger partial charge in [0.15, 0.2) is 0 Å². The molecule has 0 aromatic heterocycles. The van der Waals surface area contributed by atoms with Crippen molar-refractivity contribution in [2.75, 3.05) is 10.6 Å². The second-order valence-corrected chi connectivity index (χ2v) is 11.8. The van der Waals surface area contributed by atoms with Crippen molar-refractivity contribution in [1.82, 2.24) is 0 Å². The number of ether oxygens (including phenoxy) is 1. The van der Waals surface area contributed by atoms with Gasteiger partial charge in [0, 0.05) is 11.4 Å². The van der Waals surface area contributed by atoms with Crippen LogP contribution in [0.25, 0.3) is 0 Å². The van der Waals surface area contributed by atoms with E-state index in [4.69, 9.17) is 4.74 Å². The number of anilines is 2. The van der Waals surface area contributed by atoms with Crippen LogP contribution in [0.3, 0.4) is 0 Å². The van der Waals surface area contributed by atoms with Crippen LogP contribution in [-0.2, 0) is 25.6 Å². The molecule has 0 aliphatic heterocycles. The van der Waals surface area contributed by atoms with Crippen molar-refractivity contribution in [2.24, 2.45) is 23.7 Å². The fourth-order valence-corrected chi connectivity index (χ4v) is 6.40. The van der Waals surface area contributed by atoms with Crippen LogP contribution < -0.4 is 15.4 Å². The minimum absolute atomic E-state index is 0.277. The molecule has 2 aliphatic rings. The van der Waals surface area contributed by atoms with E-state index in [1.807, 2.05) is 36.4 Å². The summed E-state index contributed by atoms with van der Waals surface area (Å²) in [4.78, 5) is 49.5. The quantitative estimate of drug-likeness (QED) is 0.203. The molecule has 5 rings (SSSR count). The SMILES string of the molecule is O=C(O)[C@H]1CCCC[C@H]1C(=O)Nc1ccc(Oc2ccc(NC(=O)[C@H]3CCCC[C@H]3C(=O)O)cc2)cc1Cc1ccccc1. The summed E-state index contributed by atoms with van der Waals surface area (Å²) in [5, 5.41) is 25.0. The number of aliphatic carboxylic acids is 2. The molecule has 3 aromatic rings. The zero-order valence-electron chi connectivity index (χ0n) is 24.5. The summed E-state index contributed by atoms with van der Waals surface area (Å²) in [6, 6.07) is 22.1. The van der Waals surface area contributed by atoms with E-state index in [2.05, 4.69) is 10.6 Å². The van der Waals surface area contributed by atoms with Gasteiger partial charge in [0.2, 0.25) is 11.8 Å². The van der Waals surface area contributed by atoms with Gasteiger partial charge in [-0.25, -0.2) is 0 Å². The molecule has 4 atom stereocenters. The Kier molecular flexibility index (Phi) is 9.94. The Morgan fingerprint density at radius 1 is 0.636 bits per heavy atom. The van der Waals surface area contributed by atoms with Crippen LogP contribution >= 0.6 is 0 Å². The van der Waals surface area contributed by atoms with E-state index in [1.165, 1.54) is 0 Å². The second kappa shape index (κ2) is 14.2. The molecule has 4 N–H and O–H groups in total. The molecule has 0 saturated heterocycles. The highest BCUT2D eigenvalue weighted by atomic mass is 16.5. The van der Waals surface area contributed by atoms with E-state index in [1.54, 1.807) is 36.4 Å². The van der Waals surface area contributed by atoms with Gasteiger partial charge in [0.25, 0.3) is 0 Å². The third kappa shape index (κ3) is 7.64. The number of hydrogen-bond donors (Lipinski definition) is 4. The average Bonchev–Trinajstić information content (AvgIpc) is 3.03. The number of rotatable bonds is 10. The zero-order chi connectivity index (χ0) is 31.1. The summed E-state index contributed by atoms with van der Waals surface area (Å²) in [6.07, 6.45) is 5.96. The first-order valence-electron chi connectivity index (χ1n) is 15.3. The Balaban J connectivity index is 1.29. The lowest BCUT2D eigenvalue weighted by Gasteiger charge is -2.28. The molecule has 0 bridgehead atoms. The Morgan fingerprint density at radius 2 is 1.16 bits per heavy atom. The number of amides is 2. The lowest BCUT2D eigenvalue weighted by Crippen LogP contribution is -2.36. The van der Waals surface area contributed by atoms with Crippen molar-refractivity contribution < 1.29 is 34.1 Å². The first kappa shape index (κ1) is 30.8. The van der Waals surface area contributed by atoms with E-state index >= 15 is 0 Å². The van der Waals surface area contributed by atoms with Crippen LogP contribution in [0.2, 0.25) is 0 Å². The van der Waals surface area contributed by atoms with E-state index in [-0.39, 0.29) is 11.8 Å². The zero-order valence-corrected chi connectivity index (χ0v) is 24.5. The smallest absolute Gasteiger partial charge is 0.307 e. The van der Waals surface area contributed by atoms with Crippen molar-refractivity contribution in [2.45, 2.75) is 57.8 Å². The summed E-state index contributed by atoms with van der Waals surface area (Å²) >= 11 is 0. The monoisotopic (exact) mass is 598 g/mol.